The third-order valence-corrected chi connectivity index (χ3v) is 3.21. The standard InChI is InChI=1S/C16H19NO/c1-11(2)16(17)14-10-13(8-9-15(14)18)12-6-4-3-5-7-12/h3-11,16,18H,17H2,1-2H3. The fraction of sp³-hybridized carbons (Fsp3) is 0.250. The topological polar surface area (TPSA) is 46.2 Å². The molecule has 2 aromatic rings. The normalized spacial score (nSPS) is 12.7. The van der Waals surface area contributed by atoms with E-state index in [1.807, 2.05) is 30.3 Å². The van der Waals surface area contributed by atoms with Crippen molar-refractivity contribution >= 4 is 0 Å². The predicted octanol–water partition coefficient (Wildman–Crippen LogP) is 3.72. The van der Waals surface area contributed by atoms with Crippen molar-refractivity contribution in [2.45, 2.75) is 19.9 Å². The molecule has 2 aromatic carbocycles. The van der Waals surface area contributed by atoms with E-state index in [1.165, 1.54) is 0 Å². The molecule has 0 aliphatic carbocycles. The predicted molar refractivity (Wildman–Crippen MR) is 75.3 cm³/mol. The number of phenolic OH excluding ortho intramolecular Hbond substituents is 1. The Morgan fingerprint density at radius 1 is 0.944 bits per heavy atom. The molecule has 1 unspecified atom stereocenters. The molecule has 0 saturated heterocycles. The monoisotopic (exact) mass is 241 g/mol. The molecule has 18 heavy (non-hydrogen) atoms. The summed E-state index contributed by atoms with van der Waals surface area (Å²) in [6.45, 7) is 4.11. The molecule has 0 aliphatic heterocycles. The largest absolute Gasteiger partial charge is 0.508 e. The summed E-state index contributed by atoms with van der Waals surface area (Å²) in [4.78, 5) is 0. The maximum Gasteiger partial charge on any atom is 0.120 e. The van der Waals surface area contributed by atoms with E-state index in [0.717, 1.165) is 16.7 Å². The lowest BCUT2D eigenvalue weighted by Gasteiger charge is -2.18. The van der Waals surface area contributed by atoms with Gasteiger partial charge in [-0.15, -0.1) is 0 Å². The number of benzene rings is 2. The van der Waals surface area contributed by atoms with Gasteiger partial charge in [0.15, 0.2) is 0 Å². The Labute approximate surface area is 108 Å². The molecule has 94 valence electrons. The molecule has 3 N–H and O–H groups in total. The molecule has 1 atom stereocenters. The lowest BCUT2D eigenvalue weighted by molar-refractivity contribution is 0.440. The van der Waals surface area contributed by atoms with Crippen LogP contribution in [0, 0.1) is 5.92 Å². The second-order valence-electron chi connectivity index (χ2n) is 4.91. The summed E-state index contributed by atoms with van der Waals surface area (Å²) >= 11 is 0. The highest BCUT2D eigenvalue weighted by Crippen LogP contribution is 2.31. The van der Waals surface area contributed by atoms with Crippen LogP contribution in [0.15, 0.2) is 48.5 Å². The van der Waals surface area contributed by atoms with Crippen molar-refractivity contribution in [2.24, 2.45) is 11.7 Å². The maximum atomic E-state index is 9.92. The van der Waals surface area contributed by atoms with Gasteiger partial charge in [0.05, 0.1) is 0 Å². The van der Waals surface area contributed by atoms with E-state index in [0.29, 0.717) is 5.92 Å². The fourth-order valence-electron chi connectivity index (χ4n) is 1.99. The Kier molecular flexibility index (Phi) is 3.68. The first-order chi connectivity index (χ1) is 8.59. The minimum Gasteiger partial charge on any atom is -0.508 e. The third-order valence-electron chi connectivity index (χ3n) is 3.21. The summed E-state index contributed by atoms with van der Waals surface area (Å²) in [5, 5.41) is 9.92. The Morgan fingerprint density at radius 3 is 2.22 bits per heavy atom. The molecule has 0 bridgehead atoms. The first-order valence-electron chi connectivity index (χ1n) is 6.23. The molecule has 2 nitrogen and oxygen atoms in total. The second kappa shape index (κ2) is 5.23. The molecule has 0 fully saturated rings. The van der Waals surface area contributed by atoms with Gasteiger partial charge in [-0.1, -0.05) is 50.2 Å². The van der Waals surface area contributed by atoms with Crippen LogP contribution < -0.4 is 5.73 Å². The van der Waals surface area contributed by atoms with E-state index in [1.54, 1.807) is 6.07 Å². The SMILES string of the molecule is CC(C)C(N)c1cc(-c2ccccc2)ccc1O. The van der Waals surface area contributed by atoms with Crippen molar-refractivity contribution in [3.05, 3.63) is 54.1 Å². The number of phenols is 1. The average Bonchev–Trinajstić information content (AvgIpc) is 2.39. The van der Waals surface area contributed by atoms with Crippen LogP contribution in [-0.2, 0) is 0 Å². The van der Waals surface area contributed by atoms with E-state index in [4.69, 9.17) is 5.73 Å². The molecule has 2 heteroatoms. The Bertz CT molecular complexity index is 520. The van der Waals surface area contributed by atoms with Gasteiger partial charge in [0.1, 0.15) is 5.75 Å². The van der Waals surface area contributed by atoms with E-state index in [-0.39, 0.29) is 11.8 Å². The minimum atomic E-state index is -0.145. The van der Waals surface area contributed by atoms with Crippen LogP contribution in [0.1, 0.15) is 25.5 Å². The quantitative estimate of drug-likeness (QED) is 0.860. The Morgan fingerprint density at radius 2 is 1.61 bits per heavy atom. The van der Waals surface area contributed by atoms with Gasteiger partial charge in [-0.3, -0.25) is 0 Å². The smallest absolute Gasteiger partial charge is 0.120 e. The van der Waals surface area contributed by atoms with Gasteiger partial charge >= 0.3 is 0 Å². The van der Waals surface area contributed by atoms with Gasteiger partial charge in [-0.05, 0) is 29.2 Å². The van der Waals surface area contributed by atoms with Crippen LogP contribution in [0.25, 0.3) is 11.1 Å². The summed E-state index contributed by atoms with van der Waals surface area (Å²) < 4.78 is 0. The van der Waals surface area contributed by atoms with Crippen molar-refractivity contribution < 1.29 is 5.11 Å². The van der Waals surface area contributed by atoms with Crippen LogP contribution in [0.4, 0.5) is 0 Å². The zero-order chi connectivity index (χ0) is 13.1. The zero-order valence-corrected chi connectivity index (χ0v) is 10.8. The summed E-state index contributed by atoms with van der Waals surface area (Å²) in [6.07, 6.45) is 0. The highest BCUT2D eigenvalue weighted by molar-refractivity contribution is 5.65. The van der Waals surface area contributed by atoms with Crippen molar-refractivity contribution in [1.82, 2.24) is 0 Å². The van der Waals surface area contributed by atoms with E-state index in [9.17, 15) is 5.11 Å². The van der Waals surface area contributed by atoms with Crippen molar-refractivity contribution in [1.29, 1.82) is 0 Å². The number of hydrogen-bond donors (Lipinski definition) is 2. The van der Waals surface area contributed by atoms with Gasteiger partial charge in [-0.25, -0.2) is 0 Å². The number of aromatic hydroxyl groups is 1. The van der Waals surface area contributed by atoms with Crippen molar-refractivity contribution in [2.75, 3.05) is 0 Å². The summed E-state index contributed by atoms with van der Waals surface area (Å²) in [5.74, 6) is 0.567. The lowest BCUT2D eigenvalue weighted by atomic mass is 9.93. The van der Waals surface area contributed by atoms with Crippen LogP contribution in [0.2, 0.25) is 0 Å². The van der Waals surface area contributed by atoms with E-state index in [2.05, 4.69) is 26.0 Å². The van der Waals surface area contributed by atoms with Crippen molar-refractivity contribution in [3.8, 4) is 16.9 Å². The zero-order valence-electron chi connectivity index (χ0n) is 10.8. The van der Waals surface area contributed by atoms with Crippen LogP contribution in [0.3, 0.4) is 0 Å². The van der Waals surface area contributed by atoms with Gasteiger partial charge in [0, 0.05) is 11.6 Å². The highest BCUT2D eigenvalue weighted by atomic mass is 16.3. The first kappa shape index (κ1) is 12.7. The molecule has 0 spiro atoms. The maximum absolute atomic E-state index is 9.92. The average molecular weight is 241 g/mol. The number of hydrogen-bond acceptors (Lipinski definition) is 2. The molecule has 0 heterocycles. The first-order valence-corrected chi connectivity index (χ1v) is 6.23. The number of nitrogens with two attached hydrogens (primary N) is 1. The van der Waals surface area contributed by atoms with Crippen LogP contribution in [-0.4, -0.2) is 5.11 Å². The van der Waals surface area contributed by atoms with Gasteiger partial charge < -0.3 is 10.8 Å². The minimum absolute atomic E-state index is 0.145. The molecule has 0 saturated carbocycles. The van der Waals surface area contributed by atoms with Crippen molar-refractivity contribution in [3.63, 3.8) is 0 Å². The Hall–Kier alpha value is -1.80. The molecule has 0 aromatic heterocycles. The molecular formula is C16H19NO. The van der Waals surface area contributed by atoms with E-state index >= 15 is 0 Å². The molecule has 0 amide bonds. The lowest BCUT2D eigenvalue weighted by Crippen LogP contribution is -2.16. The van der Waals surface area contributed by atoms with Crippen LogP contribution >= 0.6 is 0 Å². The third kappa shape index (κ3) is 2.54. The molecule has 0 radical (unpaired) electrons. The fourth-order valence-corrected chi connectivity index (χ4v) is 1.99. The summed E-state index contributed by atoms with van der Waals surface area (Å²) in [7, 11) is 0. The molecular weight excluding hydrogens is 222 g/mol. The van der Waals surface area contributed by atoms with Gasteiger partial charge in [0.2, 0.25) is 0 Å². The Balaban J connectivity index is 2.44. The highest BCUT2D eigenvalue weighted by Gasteiger charge is 2.15. The van der Waals surface area contributed by atoms with E-state index < -0.39 is 0 Å². The van der Waals surface area contributed by atoms with Gasteiger partial charge in [0.25, 0.3) is 0 Å². The van der Waals surface area contributed by atoms with Gasteiger partial charge in [-0.2, -0.15) is 0 Å². The summed E-state index contributed by atoms with van der Waals surface area (Å²) in [5.41, 5.74) is 9.15. The second-order valence-corrected chi connectivity index (χ2v) is 4.91. The summed E-state index contributed by atoms with van der Waals surface area (Å²) in [6, 6.07) is 15.6. The molecule has 0 aliphatic rings. The number of rotatable bonds is 3. The molecule has 2 rings (SSSR count). The van der Waals surface area contributed by atoms with Crippen LogP contribution in [0.5, 0.6) is 5.75 Å².